The van der Waals surface area contributed by atoms with Crippen LogP contribution in [0.1, 0.15) is 12.1 Å². The summed E-state index contributed by atoms with van der Waals surface area (Å²) in [6.07, 6.45) is -0.140. The minimum absolute atomic E-state index is 0.140. The molecule has 9 heteroatoms. The van der Waals surface area contributed by atoms with Crippen LogP contribution < -0.4 is 10.0 Å². The molecule has 0 fully saturated rings. The van der Waals surface area contributed by atoms with Crippen molar-refractivity contribution < 1.29 is 22.0 Å². The maximum atomic E-state index is 13.1. The molecule has 0 aliphatic heterocycles. The van der Waals surface area contributed by atoms with E-state index in [9.17, 15) is 22.0 Å². The highest BCUT2D eigenvalue weighted by molar-refractivity contribution is 7.89. The summed E-state index contributed by atoms with van der Waals surface area (Å²) >= 11 is 0. The number of pyridine rings is 1. The van der Waals surface area contributed by atoms with Crippen LogP contribution in [0.15, 0.2) is 41.3 Å². The van der Waals surface area contributed by atoms with E-state index in [0.717, 1.165) is 17.8 Å². The fraction of sp³-hybridized carbons (Fsp3) is 0.200. The van der Waals surface area contributed by atoms with Gasteiger partial charge in [-0.15, -0.1) is 0 Å². The molecule has 2 rings (SSSR count). The van der Waals surface area contributed by atoms with E-state index in [4.69, 9.17) is 0 Å². The van der Waals surface area contributed by atoms with Gasteiger partial charge in [0.25, 0.3) is 0 Å². The number of halogens is 2. The van der Waals surface area contributed by atoms with Gasteiger partial charge in [0.05, 0.1) is 4.90 Å². The van der Waals surface area contributed by atoms with Crippen molar-refractivity contribution in [2.45, 2.75) is 18.2 Å². The molecule has 1 amide bonds. The van der Waals surface area contributed by atoms with E-state index in [-0.39, 0.29) is 13.0 Å². The summed E-state index contributed by atoms with van der Waals surface area (Å²) < 4.78 is 52.0. The maximum Gasteiger partial charge on any atom is 0.240 e. The van der Waals surface area contributed by atoms with Gasteiger partial charge in [-0.25, -0.2) is 26.9 Å². The van der Waals surface area contributed by atoms with Gasteiger partial charge >= 0.3 is 0 Å². The van der Waals surface area contributed by atoms with Crippen LogP contribution in [0.25, 0.3) is 0 Å². The molecule has 0 unspecified atom stereocenters. The van der Waals surface area contributed by atoms with E-state index in [1.807, 2.05) is 0 Å². The first kappa shape index (κ1) is 18.0. The Balaban J connectivity index is 1.90. The van der Waals surface area contributed by atoms with Crippen molar-refractivity contribution in [2.24, 2.45) is 0 Å². The molecule has 0 aliphatic rings. The Morgan fingerprint density at radius 3 is 2.58 bits per heavy atom. The fourth-order valence-electron chi connectivity index (χ4n) is 1.84. The average molecular weight is 355 g/mol. The molecule has 0 atom stereocenters. The first-order valence-electron chi connectivity index (χ1n) is 6.96. The van der Waals surface area contributed by atoms with Gasteiger partial charge in [-0.1, -0.05) is 6.07 Å². The average Bonchev–Trinajstić information content (AvgIpc) is 2.49. The third-order valence-electron chi connectivity index (χ3n) is 3.00. The number of nitrogens with one attached hydrogen (secondary N) is 2. The second-order valence-corrected chi connectivity index (χ2v) is 6.70. The van der Waals surface area contributed by atoms with Crippen molar-refractivity contribution in [3.63, 3.8) is 0 Å². The van der Waals surface area contributed by atoms with Crippen molar-refractivity contribution in [3.05, 3.63) is 53.7 Å². The van der Waals surface area contributed by atoms with Gasteiger partial charge < -0.3 is 5.32 Å². The van der Waals surface area contributed by atoms with Gasteiger partial charge in [0.2, 0.25) is 15.9 Å². The smallest absolute Gasteiger partial charge is 0.240 e. The van der Waals surface area contributed by atoms with Gasteiger partial charge in [0.15, 0.2) is 11.6 Å². The largest absolute Gasteiger partial charge is 0.311 e. The lowest BCUT2D eigenvalue weighted by Gasteiger charge is -2.08. The summed E-state index contributed by atoms with van der Waals surface area (Å²) in [4.78, 5) is 15.4. The highest BCUT2D eigenvalue weighted by Crippen LogP contribution is 2.13. The molecule has 0 radical (unpaired) electrons. The number of carbonyl (C=O) groups excluding carboxylic acids is 1. The van der Waals surface area contributed by atoms with Gasteiger partial charge in [-0.2, -0.15) is 0 Å². The van der Waals surface area contributed by atoms with Crippen molar-refractivity contribution in [3.8, 4) is 0 Å². The lowest BCUT2D eigenvalue weighted by atomic mass is 10.3. The summed E-state index contributed by atoms with van der Waals surface area (Å²) in [6, 6.07) is 7.34. The normalized spacial score (nSPS) is 11.3. The van der Waals surface area contributed by atoms with Crippen LogP contribution in [-0.4, -0.2) is 25.9 Å². The number of amides is 1. The molecule has 0 bridgehead atoms. The predicted octanol–water partition coefficient (Wildman–Crippen LogP) is 1.98. The van der Waals surface area contributed by atoms with Crippen molar-refractivity contribution >= 4 is 21.7 Å². The standard InChI is InChI=1S/C15H15F2N3O3S/c1-10-3-2-4-14(19-10)20-15(21)7-8-18-24(22,23)11-5-6-12(16)13(17)9-11/h2-6,9,18H,7-8H2,1H3,(H,19,20,21). The molecular weight excluding hydrogens is 340 g/mol. The van der Waals surface area contributed by atoms with Crippen molar-refractivity contribution in [2.75, 3.05) is 11.9 Å². The number of anilines is 1. The summed E-state index contributed by atoms with van der Waals surface area (Å²) in [7, 11) is -4.03. The Morgan fingerprint density at radius 1 is 1.17 bits per heavy atom. The summed E-state index contributed by atoms with van der Waals surface area (Å²) in [5.74, 6) is -2.47. The zero-order valence-corrected chi connectivity index (χ0v) is 13.5. The van der Waals surface area contributed by atoms with Gasteiger partial charge in [-0.3, -0.25) is 4.79 Å². The topological polar surface area (TPSA) is 88.2 Å². The zero-order valence-electron chi connectivity index (χ0n) is 12.7. The quantitative estimate of drug-likeness (QED) is 0.829. The molecule has 2 aromatic rings. The minimum Gasteiger partial charge on any atom is -0.311 e. The molecule has 1 aromatic heterocycles. The van der Waals surface area contributed by atoms with E-state index < -0.39 is 32.5 Å². The molecular formula is C15H15F2N3O3S. The Kier molecular flexibility index (Phi) is 5.58. The summed E-state index contributed by atoms with van der Waals surface area (Å²) in [6.45, 7) is 1.57. The Labute approximate surface area is 138 Å². The Bertz CT molecular complexity index is 857. The van der Waals surface area contributed by atoms with Crippen molar-refractivity contribution in [1.29, 1.82) is 0 Å². The molecule has 128 valence electrons. The monoisotopic (exact) mass is 355 g/mol. The Morgan fingerprint density at radius 2 is 1.92 bits per heavy atom. The van der Waals surface area contributed by atoms with Crippen LogP contribution in [0.3, 0.4) is 0 Å². The number of aryl methyl sites for hydroxylation is 1. The molecule has 0 aliphatic carbocycles. The number of nitrogens with zero attached hydrogens (tertiary/aromatic N) is 1. The van der Waals surface area contributed by atoms with E-state index in [1.54, 1.807) is 25.1 Å². The lowest BCUT2D eigenvalue weighted by Crippen LogP contribution is -2.28. The number of rotatable bonds is 6. The minimum atomic E-state index is -4.03. The van der Waals surface area contributed by atoms with Gasteiger partial charge in [0.1, 0.15) is 5.82 Å². The molecule has 0 saturated heterocycles. The van der Waals surface area contributed by atoms with Gasteiger partial charge in [-0.05, 0) is 37.3 Å². The summed E-state index contributed by atoms with van der Waals surface area (Å²) in [5, 5.41) is 2.53. The van der Waals surface area contributed by atoms with Crippen LogP contribution in [0.5, 0.6) is 0 Å². The Hall–Kier alpha value is -2.39. The molecule has 6 nitrogen and oxygen atoms in total. The summed E-state index contributed by atoms with van der Waals surface area (Å²) in [5.41, 5.74) is 0.729. The lowest BCUT2D eigenvalue weighted by molar-refractivity contribution is -0.116. The first-order valence-corrected chi connectivity index (χ1v) is 8.44. The van der Waals surface area contributed by atoms with Gasteiger partial charge in [0, 0.05) is 18.7 Å². The second kappa shape index (κ2) is 7.45. The molecule has 1 aromatic carbocycles. The van der Waals surface area contributed by atoms with Crippen molar-refractivity contribution in [1.82, 2.24) is 9.71 Å². The van der Waals surface area contributed by atoms with E-state index in [0.29, 0.717) is 11.9 Å². The number of aromatic nitrogens is 1. The number of hydrogen-bond donors (Lipinski definition) is 2. The highest BCUT2D eigenvalue weighted by Gasteiger charge is 2.16. The van der Waals surface area contributed by atoms with Crippen LogP contribution in [0.2, 0.25) is 0 Å². The first-order chi connectivity index (χ1) is 11.3. The third kappa shape index (κ3) is 4.80. The van der Waals surface area contributed by atoms with Crippen LogP contribution in [-0.2, 0) is 14.8 Å². The molecule has 0 spiro atoms. The molecule has 2 N–H and O–H groups in total. The van der Waals surface area contributed by atoms with E-state index in [2.05, 4.69) is 15.0 Å². The third-order valence-corrected chi connectivity index (χ3v) is 4.46. The zero-order chi connectivity index (χ0) is 17.7. The van der Waals surface area contributed by atoms with Crippen LogP contribution in [0.4, 0.5) is 14.6 Å². The van der Waals surface area contributed by atoms with E-state index >= 15 is 0 Å². The number of sulfonamides is 1. The highest BCUT2D eigenvalue weighted by atomic mass is 32.2. The molecule has 1 heterocycles. The van der Waals surface area contributed by atoms with E-state index in [1.165, 1.54) is 0 Å². The fourth-order valence-corrected chi connectivity index (χ4v) is 2.89. The van der Waals surface area contributed by atoms with Crippen LogP contribution >= 0.6 is 0 Å². The number of carbonyl (C=O) groups is 1. The maximum absolute atomic E-state index is 13.1. The van der Waals surface area contributed by atoms with Crippen LogP contribution in [0, 0.1) is 18.6 Å². The molecule has 24 heavy (non-hydrogen) atoms. The molecule has 0 saturated carbocycles. The predicted molar refractivity (Wildman–Crippen MR) is 83.8 cm³/mol. The SMILES string of the molecule is Cc1cccc(NC(=O)CCNS(=O)(=O)c2ccc(F)c(F)c2)n1. The second-order valence-electron chi connectivity index (χ2n) is 4.94. The number of hydrogen-bond acceptors (Lipinski definition) is 4. The number of benzene rings is 1.